The number of aliphatic hydroxyl groups excluding tert-OH is 1. The maximum atomic E-state index is 12.4. The zero-order chi connectivity index (χ0) is 14.2. The van der Waals surface area contributed by atoms with Crippen LogP contribution in [0.2, 0.25) is 0 Å². The van der Waals surface area contributed by atoms with Crippen molar-refractivity contribution in [3.05, 3.63) is 12.2 Å². The molecule has 2 aliphatic rings. The average molecular weight is 267 g/mol. The molecule has 5 atom stereocenters. The lowest BCUT2D eigenvalue weighted by molar-refractivity contribution is -0.148. The van der Waals surface area contributed by atoms with Gasteiger partial charge in [-0.05, 0) is 31.6 Å². The third-order valence-electron chi connectivity index (χ3n) is 4.60. The van der Waals surface area contributed by atoms with Crippen molar-refractivity contribution in [2.24, 2.45) is 23.7 Å². The number of aliphatic carboxylic acids is 1. The molecule has 5 unspecified atom stereocenters. The van der Waals surface area contributed by atoms with Gasteiger partial charge in [0.05, 0.1) is 24.0 Å². The van der Waals surface area contributed by atoms with E-state index in [1.54, 1.807) is 6.92 Å². The molecule has 0 saturated heterocycles. The number of aliphatic hydroxyl groups is 1. The highest BCUT2D eigenvalue weighted by atomic mass is 16.4. The van der Waals surface area contributed by atoms with Gasteiger partial charge in [-0.15, -0.1) is 0 Å². The second kappa shape index (κ2) is 4.96. The number of nitrogens with one attached hydrogen (secondary N) is 1. The highest BCUT2D eigenvalue weighted by molar-refractivity contribution is 5.87. The van der Waals surface area contributed by atoms with Crippen LogP contribution >= 0.6 is 0 Å². The Labute approximate surface area is 112 Å². The molecule has 2 bridgehead atoms. The van der Waals surface area contributed by atoms with E-state index in [0.29, 0.717) is 6.42 Å². The molecule has 106 valence electrons. The number of carbonyl (C=O) groups is 2. The summed E-state index contributed by atoms with van der Waals surface area (Å²) in [6.07, 6.45) is 5.22. The number of rotatable bonds is 5. The van der Waals surface area contributed by atoms with Gasteiger partial charge in [0, 0.05) is 0 Å². The van der Waals surface area contributed by atoms with E-state index in [1.165, 1.54) is 0 Å². The molecule has 2 aliphatic carbocycles. The fraction of sp³-hybridized carbons (Fsp3) is 0.714. The Morgan fingerprint density at radius 1 is 1.32 bits per heavy atom. The van der Waals surface area contributed by atoms with Crippen LogP contribution in [0, 0.1) is 23.7 Å². The van der Waals surface area contributed by atoms with Crippen molar-refractivity contribution in [3.63, 3.8) is 0 Å². The van der Waals surface area contributed by atoms with Gasteiger partial charge in [-0.25, -0.2) is 0 Å². The maximum absolute atomic E-state index is 12.4. The predicted octanol–water partition coefficient (Wildman–Crippen LogP) is 0.787. The largest absolute Gasteiger partial charge is 0.481 e. The Bertz CT molecular complexity index is 414. The molecule has 0 aliphatic heterocycles. The lowest BCUT2D eigenvalue weighted by Crippen LogP contribution is -2.52. The fourth-order valence-electron chi connectivity index (χ4n) is 3.14. The molecule has 2 rings (SSSR count). The molecular formula is C14H21NO4. The monoisotopic (exact) mass is 267 g/mol. The number of carboxylic acid groups (broad SMARTS) is 1. The van der Waals surface area contributed by atoms with Crippen molar-refractivity contribution >= 4 is 11.9 Å². The van der Waals surface area contributed by atoms with Crippen LogP contribution < -0.4 is 5.32 Å². The minimum absolute atomic E-state index is 0.0194. The summed E-state index contributed by atoms with van der Waals surface area (Å²) in [5.74, 6) is -2.30. The highest BCUT2D eigenvalue weighted by Gasteiger charge is 2.52. The minimum Gasteiger partial charge on any atom is -0.481 e. The molecule has 0 heterocycles. The van der Waals surface area contributed by atoms with Gasteiger partial charge in [-0.2, -0.15) is 0 Å². The molecule has 3 N–H and O–H groups in total. The third kappa shape index (κ3) is 2.39. The number of carbonyl (C=O) groups excluding carboxylic acids is 1. The minimum atomic E-state index is -0.904. The van der Waals surface area contributed by atoms with Crippen molar-refractivity contribution in [3.8, 4) is 0 Å². The second-order valence-corrected chi connectivity index (χ2v) is 5.90. The Hall–Kier alpha value is -1.36. The molecular weight excluding hydrogens is 246 g/mol. The van der Waals surface area contributed by atoms with Gasteiger partial charge >= 0.3 is 5.97 Å². The number of allylic oxidation sites excluding steroid dienone is 2. The molecule has 19 heavy (non-hydrogen) atoms. The molecule has 1 saturated carbocycles. The van der Waals surface area contributed by atoms with E-state index in [2.05, 4.69) is 5.32 Å². The summed E-state index contributed by atoms with van der Waals surface area (Å²) in [7, 11) is 0. The van der Waals surface area contributed by atoms with Crippen molar-refractivity contribution in [1.82, 2.24) is 5.32 Å². The first-order valence-electron chi connectivity index (χ1n) is 6.76. The van der Waals surface area contributed by atoms with E-state index in [9.17, 15) is 19.8 Å². The Morgan fingerprint density at radius 3 is 2.37 bits per heavy atom. The van der Waals surface area contributed by atoms with E-state index in [0.717, 1.165) is 6.42 Å². The van der Waals surface area contributed by atoms with Gasteiger partial charge in [0.1, 0.15) is 0 Å². The molecule has 0 aromatic rings. The van der Waals surface area contributed by atoms with Crippen LogP contribution in [-0.2, 0) is 9.59 Å². The summed E-state index contributed by atoms with van der Waals surface area (Å²) in [5, 5.41) is 21.5. The number of amides is 1. The molecule has 5 heteroatoms. The van der Waals surface area contributed by atoms with Gasteiger partial charge < -0.3 is 15.5 Å². The van der Waals surface area contributed by atoms with Gasteiger partial charge in [0.2, 0.25) is 5.91 Å². The zero-order valence-electron chi connectivity index (χ0n) is 11.3. The van der Waals surface area contributed by atoms with Gasteiger partial charge in [-0.3, -0.25) is 9.59 Å². The summed E-state index contributed by atoms with van der Waals surface area (Å²) in [6, 6.07) is 0. The van der Waals surface area contributed by atoms with Crippen molar-refractivity contribution < 1.29 is 19.8 Å². The topological polar surface area (TPSA) is 86.6 Å². The van der Waals surface area contributed by atoms with E-state index in [4.69, 9.17) is 0 Å². The number of hydrogen-bond donors (Lipinski definition) is 3. The SMILES string of the molecule is CCC(C)(CO)NC(=O)C1C2C=CC(C2)C1C(=O)O. The highest BCUT2D eigenvalue weighted by Crippen LogP contribution is 2.48. The van der Waals surface area contributed by atoms with Crippen molar-refractivity contribution in [1.29, 1.82) is 0 Å². The second-order valence-electron chi connectivity index (χ2n) is 5.90. The zero-order valence-corrected chi connectivity index (χ0v) is 11.3. The number of hydrogen-bond acceptors (Lipinski definition) is 3. The quantitative estimate of drug-likeness (QED) is 0.643. The lowest BCUT2D eigenvalue weighted by atomic mass is 9.81. The van der Waals surface area contributed by atoms with Crippen LogP contribution in [0.25, 0.3) is 0 Å². The smallest absolute Gasteiger partial charge is 0.307 e. The summed E-state index contributed by atoms with van der Waals surface area (Å²) in [4.78, 5) is 23.7. The van der Waals surface area contributed by atoms with E-state index < -0.39 is 23.3 Å². The average Bonchev–Trinajstić information content (AvgIpc) is 2.98. The standard InChI is InChI=1S/C14H21NO4/c1-3-14(2,7-16)15-12(17)10-8-4-5-9(6-8)11(10)13(18)19/h4-5,8-11,16H,3,6-7H2,1-2H3,(H,15,17)(H,18,19). The van der Waals surface area contributed by atoms with Crippen LogP contribution in [0.4, 0.5) is 0 Å². The predicted molar refractivity (Wildman–Crippen MR) is 69.3 cm³/mol. The van der Waals surface area contributed by atoms with Crippen molar-refractivity contribution in [2.75, 3.05) is 6.61 Å². The molecule has 0 radical (unpaired) electrons. The van der Waals surface area contributed by atoms with Crippen molar-refractivity contribution in [2.45, 2.75) is 32.2 Å². The van der Waals surface area contributed by atoms with Crippen LogP contribution in [0.15, 0.2) is 12.2 Å². The molecule has 0 spiro atoms. The number of carboxylic acids is 1. The molecule has 1 fully saturated rings. The Morgan fingerprint density at radius 2 is 1.89 bits per heavy atom. The lowest BCUT2D eigenvalue weighted by Gasteiger charge is -2.31. The summed E-state index contributed by atoms with van der Waals surface area (Å²) < 4.78 is 0. The molecule has 1 amide bonds. The third-order valence-corrected chi connectivity index (χ3v) is 4.60. The summed E-state index contributed by atoms with van der Waals surface area (Å²) >= 11 is 0. The summed E-state index contributed by atoms with van der Waals surface area (Å²) in [6.45, 7) is 3.50. The van der Waals surface area contributed by atoms with Gasteiger partial charge in [0.25, 0.3) is 0 Å². The number of fused-ring (bicyclic) bond motifs is 2. The van der Waals surface area contributed by atoms with E-state index >= 15 is 0 Å². The Balaban J connectivity index is 2.14. The molecule has 5 nitrogen and oxygen atoms in total. The first-order chi connectivity index (χ1) is 8.91. The van der Waals surface area contributed by atoms with Crippen LogP contribution in [0.5, 0.6) is 0 Å². The van der Waals surface area contributed by atoms with Crippen LogP contribution in [0.1, 0.15) is 26.7 Å². The fourth-order valence-corrected chi connectivity index (χ4v) is 3.14. The van der Waals surface area contributed by atoms with E-state index in [-0.39, 0.29) is 24.3 Å². The van der Waals surface area contributed by atoms with Gasteiger partial charge in [-0.1, -0.05) is 19.1 Å². The Kier molecular flexibility index (Phi) is 3.67. The molecule has 0 aromatic heterocycles. The van der Waals surface area contributed by atoms with Crippen LogP contribution in [-0.4, -0.2) is 34.2 Å². The normalized spacial score (nSPS) is 35.1. The van der Waals surface area contributed by atoms with Gasteiger partial charge in [0.15, 0.2) is 0 Å². The summed E-state index contributed by atoms with van der Waals surface area (Å²) in [5.41, 5.74) is -0.675. The molecule has 0 aromatic carbocycles. The van der Waals surface area contributed by atoms with Crippen LogP contribution in [0.3, 0.4) is 0 Å². The first-order valence-corrected chi connectivity index (χ1v) is 6.76. The van der Waals surface area contributed by atoms with E-state index in [1.807, 2.05) is 19.1 Å². The maximum Gasteiger partial charge on any atom is 0.307 e. The first kappa shape index (κ1) is 14.1.